The number of nitrogens with zero attached hydrogens (tertiary/aromatic N) is 1. The molecule has 0 saturated carbocycles. The molecule has 12 heteroatoms. The zero-order valence-electron chi connectivity index (χ0n) is 13.2. The Morgan fingerprint density at radius 2 is 2.04 bits per heavy atom. The lowest BCUT2D eigenvalue weighted by molar-refractivity contribution is -0.261. The third kappa shape index (κ3) is 3.57. The van der Waals surface area contributed by atoms with E-state index < -0.39 is 40.0 Å². The number of anilines is 1. The van der Waals surface area contributed by atoms with Crippen molar-refractivity contribution >= 4 is 33.4 Å². The Bertz CT molecular complexity index is 986. The van der Waals surface area contributed by atoms with E-state index in [4.69, 9.17) is 11.6 Å². The molecule has 0 fully saturated rings. The number of rotatable bonds is 4. The van der Waals surface area contributed by atoms with E-state index in [9.17, 15) is 26.4 Å². The van der Waals surface area contributed by atoms with Gasteiger partial charge in [-0.05, 0) is 30.3 Å². The maximum absolute atomic E-state index is 14.0. The Hall–Kier alpha value is -2.37. The Morgan fingerprint density at radius 1 is 1.30 bits per heavy atom. The van der Waals surface area contributed by atoms with Crippen LogP contribution in [0.5, 0.6) is 0 Å². The minimum absolute atomic E-state index is 0.0442. The zero-order chi connectivity index (χ0) is 19.9. The molecule has 0 aliphatic carbocycles. The number of cyclic esters (lactones) is 1. The standard InChI is InChI=1S/C15H11ClF3N3O4S/c16-9-3-4-12-11(6-9)14(15(17,18)19,26-13(23)22-12)8-21-27(24,25)10-2-1-5-20-7-10/h1-7,21H,8H2,(H,22,23). The Kier molecular flexibility index (Phi) is 4.78. The first kappa shape index (κ1) is 19.4. The van der Waals surface area contributed by atoms with Gasteiger partial charge in [-0.1, -0.05) is 11.6 Å². The van der Waals surface area contributed by atoms with E-state index >= 15 is 0 Å². The number of aromatic nitrogens is 1. The SMILES string of the molecule is O=C1Nc2ccc(Cl)cc2C(CNS(=O)(=O)c2cccnc2)(C(F)(F)F)O1. The van der Waals surface area contributed by atoms with Gasteiger partial charge in [-0.15, -0.1) is 0 Å². The van der Waals surface area contributed by atoms with E-state index in [1.807, 2.05) is 4.72 Å². The van der Waals surface area contributed by atoms with Gasteiger partial charge in [0.05, 0.1) is 12.2 Å². The highest BCUT2D eigenvalue weighted by atomic mass is 35.5. The van der Waals surface area contributed by atoms with Crippen LogP contribution in [0.15, 0.2) is 47.6 Å². The molecule has 144 valence electrons. The minimum Gasteiger partial charge on any atom is -0.426 e. The van der Waals surface area contributed by atoms with Crippen LogP contribution < -0.4 is 10.0 Å². The summed E-state index contributed by atoms with van der Waals surface area (Å²) >= 11 is 5.79. The fourth-order valence-electron chi connectivity index (χ4n) is 2.54. The molecular weight excluding hydrogens is 411 g/mol. The van der Waals surface area contributed by atoms with E-state index in [1.54, 1.807) is 0 Å². The third-order valence-corrected chi connectivity index (χ3v) is 5.46. The van der Waals surface area contributed by atoms with Gasteiger partial charge in [0.2, 0.25) is 15.6 Å². The van der Waals surface area contributed by atoms with Gasteiger partial charge >= 0.3 is 12.3 Å². The van der Waals surface area contributed by atoms with Crippen LogP contribution in [0.3, 0.4) is 0 Å². The highest BCUT2D eigenvalue weighted by molar-refractivity contribution is 7.89. The molecule has 1 unspecified atom stereocenters. The van der Waals surface area contributed by atoms with Crippen LogP contribution in [0.25, 0.3) is 0 Å². The number of alkyl halides is 3. The summed E-state index contributed by atoms with van der Waals surface area (Å²) in [5.74, 6) is 0. The highest BCUT2D eigenvalue weighted by Crippen LogP contribution is 2.48. The highest BCUT2D eigenvalue weighted by Gasteiger charge is 2.62. The monoisotopic (exact) mass is 421 g/mol. The van der Waals surface area contributed by atoms with Gasteiger partial charge in [-0.2, -0.15) is 13.2 Å². The van der Waals surface area contributed by atoms with Crippen molar-refractivity contribution in [1.82, 2.24) is 9.71 Å². The topological polar surface area (TPSA) is 97.4 Å². The summed E-state index contributed by atoms with van der Waals surface area (Å²) in [7, 11) is -4.35. The fourth-order valence-corrected chi connectivity index (χ4v) is 3.73. The predicted octanol–water partition coefficient (Wildman–Crippen LogP) is 3.03. The van der Waals surface area contributed by atoms with Gasteiger partial charge in [-0.25, -0.2) is 17.9 Å². The lowest BCUT2D eigenvalue weighted by Gasteiger charge is -2.39. The van der Waals surface area contributed by atoms with Gasteiger partial charge in [0.15, 0.2) is 0 Å². The number of sulfonamides is 1. The second-order valence-electron chi connectivity index (χ2n) is 5.54. The molecule has 1 aliphatic heterocycles. The molecule has 0 spiro atoms. The maximum atomic E-state index is 14.0. The van der Waals surface area contributed by atoms with Gasteiger partial charge in [0, 0.05) is 23.0 Å². The number of nitrogens with one attached hydrogen (secondary N) is 2. The van der Waals surface area contributed by atoms with Crippen molar-refractivity contribution < 1.29 is 31.1 Å². The molecule has 1 amide bonds. The van der Waals surface area contributed by atoms with Crippen LogP contribution in [-0.2, 0) is 20.4 Å². The minimum atomic E-state index is -5.14. The van der Waals surface area contributed by atoms with Crippen LogP contribution in [0, 0.1) is 0 Å². The summed E-state index contributed by atoms with van der Waals surface area (Å²) in [6.45, 7) is -1.28. The summed E-state index contributed by atoms with van der Waals surface area (Å²) in [6.07, 6.45) is -4.23. The average molecular weight is 422 g/mol. The molecule has 1 aromatic carbocycles. The Labute approximate surface area is 156 Å². The second kappa shape index (κ2) is 6.66. The number of benzene rings is 1. The quantitative estimate of drug-likeness (QED) is 0.790. The van der Waals surface area contributed by atoms with Crippen LogP contribution in [0.2, 0.25) is 5.02 Å². The predicted molar refractivity (Wildman–Crippen MR) is 88.7 cm³/mol. The summed E-state index contributed by atoms with van der Waals surface area (Å²) in [5, 5.41) is 2.09. The first-order chi connectivity index (χ1) is 12.6. The molecule has 0 saturated heterocycles. The lowest BCUT2D eigenvalue weighted by atomic mass is 9.90. The number of pyridine rings is 1. The largest absolute Gasteiger partial charge is 0.434 e. The first-order valence-corrected chi connectivity index (χ1v) is 9.18. The van der Waals surface area contributed by atoms with Crippen molar-refractivity contribution in [2.24, 2.45) is 0 Å². The molecule has 2 heterocycles. The number of ether oxygens (including phenoxy) is 1. The molecule has 1 aliphatic rings. The number of hydrogen-bond acceptors (Lipinski definition) is 5. The number of amides is 1. The molecule has 2 N–H and O–H groups in total. The fraction of sp³-hybridized carbons (Fsp3) is 0.200. The normalized spacial score (nSPS) is 19.8. The molecule has 7 nitrogen and oxygen atoms in total. The molecule has 3 rings (SSSR count). The van der Waals surface area contributed by atoms with Gasteiger partial charge in [0.25, 0.3) is 0 Å². The van der Waals surface area contributed by atoms with Crippen molar-refractivity contribution in [3.05, 3.63) is 53.3 Å². The average Bonchev–Trinajstić information content (AvgIpc) is 2.60. The number of carbonyl (C=O) groups excluding carboxylic acids is 1. The summed E-state index contributed by atoms with van der Waals surface area (Å²) in [5.41, 5.74) is -3.96. The van der Waals surface area contributed by atoms with Gasteiger partial charge in [0.1, 0.15) is 4.90 Å². The number of fused-ring (bicyclic) bond motifs is 1. The molecule has 1 atom stereocenters. The van der Waals surface area contributed by atoms with Crippen molar-refractivity contribution in [2.75, 3.05) is 11.9 Å². The smallest absolute Gasteiger partial charge is 0.426 e. The van der Waals surface area contributed by atoms with E-state index in [0.29, 0.717) is 0 Å². The van der Waals surface area contributed by atoms with Crippen molar-refractivity contribution in [3.63, 3.8) is 0 Å². The van der Waals surface area contributed by atoms with Crippen LogP contribution in [-0.4, -0.2) is 32.2 Å². The third-order valence-electron chi connectivity index (χ3n) is 3.83. The zero-order valence-corrected chi connectivity index (χ0v) is 14.8. The number of halogens is 4. The van der Waals surface area contributed by atoms with Gasteiger partial charge in [-0.3, -0.25) is 10.3 Å². The molecule has 2 aromatic rings. The number of carbonyl (C=O) groups is 1. The Morgan fingerprint density at radius 3 is 2.67 bits per heavy atom. The Balaban J connectivity index is 2.06. The van der Waals surface area contributed by atoms with Crippen LogP contribution in [0.4, 0.5) is 23.7 Å². The molecule has 27 heavy (non-hydrogen) atoms. The summed E-state index contributed by atoms with van der Waals surface area (Å²) in [6, 6.07) is 5.89. The summed E-state index contributed by atoms with van der Waals surface area (Å²) < 4.78 is 72.9. The molecule has 1 aromatic heterocycles. The van der Waals surface area contributed by atoms with Crippen molar-refractivity contribution in [2.45, 2.75) is 16.7 Å². The van der Waals surface area contributed by atoms with E-state index in [1.165, 1.54) is 24.4 Å². The number of hydrogen-bond donors (Lipinski definition) is 2. The first-order valence-electron chi connectivity index (χ1n) is 7.32. The molecule has 0 radical (unpaired) electrons. The molecule has 0 bridgehead atoms. The van der Waals surface area contributed by atoms with Crippen molar-refractivity contribution in [1.29, 1.82) is 0 Å². The van der Waals surface area contributed by atoms with Crippen LogP contribution in [0.1, 0.15) is 5.56 Å². The van der Waals surface area contributed by atoms with E-state index in [0.717, 1.165) is 18.3 Å². The maximum Gasteiger partial charge on any atom is 0.434 e. The van der Waals surface area contributed by atoms with Crippen LogP contribution >= 0.6 is 11.6 Å². The van der Waals surface area contributed by atoms with E-state index in [2.05, 4.69) is 15.0 Å². The second-order valence-corrected chi connectivity index (χ2v) is 7.75. The van der Waals surface area contributed by atoms with Crippen molar-refractivity contribution in [3.8, 4) is 0 Å². The van der Waals surface area contributed by atoms with E-state index in [-0.39, 0.29) is 15.6 Å². The summed E-state index contributed by atoms with van der Waals surface area (Å²) in [4.78, 5) is 15.0. The van der Waals surface area contributed by atoms with Gasteiger partial charge < -0.3 is 4.74 Å². The lowest BCUT2D eigenvalue weighted by Crippen LogP contribution is -2.56. The molecular formula is C15H11ClF3N3O4S.